The minimum atomic E-state index is -0.726. The number of benzene rings is 2. The van der Waals surface area contributed by atoms with Gasteiger partial charge in [0.25, 0.3) is 5.91 Å². The number of amides is 1. The molecule has 42 heavy (non-hydrogen) atoms. The van der Waals surface area contributed by atoms with Crippen LogP contribution in [0.3, 0.4) is 0 Å². The van der Waals surface area contributed by atoms with Crippen LogP contribution in [0.1, 0.15) is 68.9 Å². The first-order chi connectivity index (χ1) is 19.9. The van der Waals surface area contributed by atoms with Gasteiger partial charge in [0.05, 0.1) is 6.10 Å². The molecule has 2 aromatic rings. The fourth-order valence-corrected chi connectivity index (χ4v) is 6.13. The van der Waals surface area contributed by atoms with E-state index in [-0.39, 0.29) is 28.6 Å². The van der Waals surface area contributed by atoms with Gasteiger partial charge in [0, 0.05) is 35.6 Å². The fourth-order valence-electron chi connectivity index (χ4n) is 4.58. The molecule has 2 aromatic carbocycles. The summed E-state index contributed by atoms with van der Waals surface area (Å²) < 4.78 is 10.9. The van der Waals surface area contributed by atoms with Gasteiger partial charge >= 0.3 is 11.3 Å². The summed E-state index contributed by atoms with van der Waals surface area (Å²) in [6.45, 7) is 10.6. The van der Waals surface area contributed by atoms with Crippen molar-refractivity contribution in [1.29, 1.82) is 0 Å². The zero-order chi connectivity index (χ0) is 30.7. The largest absolute Gasteiger partial charge is 0.461 e. The Morgan fingerprint density at radius 3 is 2.50 bits per heavy atom. The van der Waals surface area contributed by atoms with Crippen LogP contribution in [0.15, 0.2) is 48.5 Å². The molecule has 0 aliphatic carbocycles. The zero-order valence-corrected chi connectivity index (χ0v) is 27.2. The second kappa shape index (κ2) is 16.2. The molecule has 0 spiro atoms. The van der Waals surface area contributed by atoms with E-state index >= 15 is 0 Å². The molecule has 1 aliphatic heterocycles. The third-order valence-corrected chi connectivity index (χ3v) is 8.14. The normalized spacial score (nSPS) is 17.5. The number of esters is 1. The monoisotopic (exact) mass is 615 g/mol. The maximum atomic E-state index is 13.7. The summed E-state index contributed by atoms with van der Waals surface area (Å²) in [5, 5.41) is 9.78. The quantitative estimate of drug-likeness (QED) is 0.238. The zero-order valence-electron chi connectivity index (χ0n) is 25.5. The standard InChI is InChI=1S/C32H45N3O5S2/c1-21(2)39-30(37)28(14-15-41-6)35-29(36)27-18-24(13-12-23(27)16-22-10-8-7-9-11-22)33-19-25-17-26(20-34-25)42-31(38)40-32(3,4)5/h7-13,18,21,25-26,28,33-34H,14-17,19-20H2,1-6H3,(H,35,36)/t25-,26-,28-/m0/s1. The lowest BCUT2D eigenvalue weighted by Crippen LogP contribution is -2.43. The lowest BCUT2D eigenvalue weighted by Gasteiger charge is -2.21. The van der Waals surface area contributed by atoms with Gasteiger partial charge < -0.3 is 25.4 Å². The molecule has 1 fully saturated rings. The third-order valence-electron chi connectivity index (χ3n) is 6.53. The number of ether oxygens (including phenoxy) is 2. The number of carbonyl (C=O) groups is 3. The number of hydrogen-bond acceptors (Lipinski definition) is 9. The molecule has 0 aromatic heterocycles. The van der Waals surface area contributed by atoms with Gasteiger partial charge in [0.2, 0.25) is 0 Å². The number of anilines is 1. The Morgan fingerprint density at radius 2 is 1.83 bits per heavy atom. The van der Waals surface area contributed by atoms with E-state index < -0.39 is 17.6 Å². The first kappa shape index (κ1) is 33.8. The molecule has 230 valence electrons. The van der Waals surface area contributed by atoms with Crippen LogP contribution in [0, 0.1) is 0 Å². The maximum absolute atomic E-state index is 13.7. The van der Waals surface area contributed by atoms with Crippen molar-refractivity contribution in [2.75, 3.05) is 30.4 Å². The number of rotatable bonds is 13. The van der Waals surface area contributed by atoms with Gasteiger partial charge in [0.1, 0.15) is 11.6 Å². The van der Waals surface area contributed by atoms with Crippen molar-refractivity contribution < 1.29 is 23.9 Å². The Bertz CT molecular complexity index is 1190. The average Bonchev–Trinajstić information content (AvgIpc) is 3.36. The van der Waals surface area contributed by atoms with Crippen molar-refractivity contribution in [2.45, 2.75) is 82.9 Å². The molecule has 1 saturated heterocycles. The van der Waals surface area contributed by atoms with Crippen LogP contribution in [-0.2, 0) is 20.7 Å². The van der Waals surface area contributed by atoms with E-state index in [2.05, 4.69) is 16.0 Å². The third kappa shape index (κ3) is 11.5. The summed E-state index contributed by atoms with van der Waals surface area (Å²) in [6, 6.07) is 15.3. The van der Waals surface area contributed by atoms with Crippen molar-refractivity contribution in [3.05, 3.63) is 65.2 Å². The molecule has 0 bridgehead atoms. The highest BCUT2D eigenvalue weighted by atomic mass is 32.2. The minimum absolute atomic E-state index is 0.144. The van der Waals surface area contributed by atoms with Gasteiger partial charge in [-0.25, -0.2) is 9.59 Å². The summed E-state index contributed by atoms with van der Waals surface area (Å²) >= 11 is 2.86. The second-order valence-electron chi connectivity index (χ2n) is 11.8. The minimum Gasteiger partial charge on any atom is -0.461 e. The summed E-state index contributed by atoms with van der Waals surface area (Å²) in [5.41, 5.74) is 2.80. The lowest BCUT2D eigenvalue weighted by atomic mass is 9.98. The molecule has 0 unspecified atom stereocenters. The highest BCUT2D eigenvalue weighted by molar-refractivity contribution is 8.13. The van der Waals surface area contributed by atoms with Gasteiger partial charge in [0.15, 0.2) is 0 Å². The highest BCUT2D eigenvalue weighted by Crippen LogP contribution is 2.26. The molecule has 1 amide bonds. The van der Waals surface area contributed by atoms with Gasteiger partial charge in [-0.3, -0.25) is 4.79 Å². The Balaban J connectivity index is 1.71. The molecule has 3 rings (SSSR count). The SMILES string of the molecule is CSCC[C@H](NC(=O)c1cc(NC[C@@H]2C[C@H](SC(=O)OC(C)(C)C)CN2)ccc1Cc1ccccc1)C(=O)OC(C)C. The van der Waals surface area contributed by atoms with Crippen molar-refractivity contribution in [3.63, 3.8) is 0 Å². The Kier molecular flexibility index (Phi) is 13.1. The molecule has 1 heterocycles. The van der Waals surface area contributed by atoms with Gasteiger partial charge in [-0.15, -0.1) is 0 Å². The van der Waals surface area contributed by atoms with E-state index in [0.717, 1.165) is 35.5 Å². The molecule has 0 radical (unpaired) electrons. The van der Waals surface area contributed by atoms with Gasteiger partial charge in [-0.2, -0.15) is 11.8 Å². The maximum Gasteiger partial charge on any atom is 0.368 e. The number of thioether (sulfide) groups is 2. The van der Waals surface area contributed by atoms with E-state index in [0.29, 0.717) is 24.9 Å². The van der Waals surface area contributed by atoms with E-state index in [4.69, 9.17) is 9.47 Å². The topological polar surface area (TPSA) is 106 Å². The Hall–Kier alpha value is -2.69. The van der Waals surface area contributed by atoms with Gasteiger partial charge in [-0.1, -0.05) is 36.4 Å². The van der Waals surface area contributed by atoms with Crippen molar-refractivity contribution in [1.82, 2.24) is 10.6 Å². The molecule has 0 saturated carbocycles. The molecule has 10 heteroatoms. The van der Waals surface area contributed by atoms with Gasteiger partial charge in [-0.05, 0) is 101 Å². The van der Waals surface area contributed by atoms with Crippen molar-refractivity contribution in [3.8, 4) is 0 Å². The van der Waals surface area contributed by atoms with Crippen LogP contribution < -0.4 is 16.0 Å². The summed E-state index contributed by atoms with van der Waals surface area (Å²) in [7, 11) is 0. The molecular formula is C32H45N3O5S2. The molecule has 8 nitrogen and oxygen atoms in total. The van der Waals surface area contributed by atoms with Crippen molar-refractivity contribution >= 4 is 46.4 Å². The lowest BCUT2D eigenvalue weighted by molar-refractivity contribution is -0.149. The van der Waals surface area contributed by atoms with Crippen LogP contribution >= 0.6 is 23.5 Å². The number of hydrogen-bond donors (Lipinski definition) is 3. The molecular weight excluding hydrogens is 571 g/mol. The summed E-state index contributed by atoms with van der Waals surface area (Å²) in [5.74, 6) is -0.000291. The van der Waals surface area contributed by atoms with Crippen LogP contribution in [0.5, 0.6) is 0 Å². The van der Waals surface area contributed by atoms with Crippen LogP contribution in [-0.4, -0.2) is 71.3 Å². The smallest absolute Gasteiger partial charge is 0.368 e. The molecule has 3 N–H and O–H groups in total. The number of nitrogens with one attached hydrogen (secondary N) is 3. The first-order valence-electron chi connectivity index (χ1n) is 14.5. The van der Waals surface area contributed by atoms with Crippen LogP contribution in [0.25, 0.3) is 0 Å². The first-order valence-corrected chi connectivity index (χ1v) is 16.7. The number of carbonyl (C=O) groups excluding carboxylic acids is 3. The molecule has 3 atom stereocenters. The Morgan fingerprint density at radius 1 is 1.10 bits per heavy atom. The van der Waals surface area contributed by atoms with E-state index in [1.165, 1.54) is 11.8 Å². The fraction of sp³-hybridized carbons (Fsp3) is 0.531. The van der Waals surface area contributed by atoms with Crippen LogP contribution in [0.4, 0.5) is 10.5 Å². The predicted octanol–water partition coefficient (Wildman–Crippen LogP) is 5.89. The highest BCUT2D eigenvalue weighted by Gasteiger charge is 2.29. The molecule has 1 aliphatic rings. The summed E-state index contributed by atoms with van der Waals surface area (Å²) in [4.78, 5) is 38.7. The Labute approximate surface area is 258 Å². The van der Waals surface area contributed by atoms with Crippen molar-refractivity contribution in [2.24, 2.45) is 0 Å². The van der Waals surface area contributed by atoms with E-state index in [1.807, 2.05) is 75.6 Å². The average molecular weight is 616 g/mol. The second-order valence-corrected chi connectivity index (χ2v) is 14.0. The van der Waals surface area contributed by atoms with Crippen LogP contribution in [0.2, 0.25) is 0 Å². The van der Waals surface area contributed by atoms with E-state index in [1.54, 1.807) is 25.6 Å². The van der Waals surface area contributed by atoms with E-state index in [9.17, 15) is 14.4 Å². The predicted molar refractivity (Wildman–Crippen MR) is 174 cm³/mol. The summed E-state index contributed by atoms with van der Waals surface area (Å²) in [6.07, 6.45) is 3.60.